The van der Waals surface area contributed by atoms with Gasteiger partial charge < -0.3 is 0 Å². The van der Waals surface area contributed by atoms with Crippen LogP contribution in [0.3, 0.4) is 0 Å². The van der Waals surface area contributed by atoms with Crippen LogP contribution in [-0.4, -0.2) is 7.05 Å². The lowest BCUT2D eigenvalue weighted by Crippen LogP contribution is -1.67. The van der Waals surface area contributed by atoms with Crippen LogP contribution in [0, 0.1) is 0 Å². The van der Waals surface area contributed by atoms with Crippen LogP contribution in [0.4, 0.5) is 5.69 Å². The standard InChI is InChI=1S/C10H8.C7H8N2.2C2H6/c1-2-6-10-8-4-3-7-9(10)5-1;1-8-9-7-5-3-2-4-6-7;2*1-2/h1-8H;2-6H,1H3;2*1-2H3. The fourth-order valence-electron chi connectivity index (χ4n) is 1.74. The molecule has 0 spiro atoms. The molecule has 0 aliphatic heterocycles. The van der Waals surface area contributed by atoms with E-state index in [9.17, 15) is 0 Å². The molecular weight excluding hydrogens is 280 g/mol. The fraction of sp³-hybridized carbons (Fsp3) is 0.238. The predicted octanol–water partition coefficient (Wildman–Crippen LogP) is 7.29. The van der Waals surface area contributed by atoms with Crippen molar-refractivity contribution < 1.29 is 0 Å². The lowest BCUT2D eigenvalue weighted by molar-refractivity contribution is 1.17. The van der Waals surface area contributed by atoms with Gasteiger partial charge >= 0.3 is 0 Å². The van der Waals surface area contributed by atoms with Gasteiger partial charge in [-0.2, -0.15) is 10.2 Å². The molecule has 0 N–H and O–H groups in total. The fourth-order valence-corrected chi connectivity index (χ4v) is 1.74. The molecule has 0 radical (unpaired) electrons. The lowest BCUT2D eigenvalue weighted by atomic mass is 10.1. The molecule has 23 heavy (non-hydrogen) atoms. The predicted molar refractivity (Wildman–Crippen MR) is 104 cm³/mol. The average Bonchev–Trinajstić information content (AvgIpc) is 2.67. The quantitative estimate of drug-likeness (QED) is 0.421. The third kappa shape index (κ3) is 8.52. The Kier molecular flexibility index (Phi) is 12.9. The Balaban J connectivity index is 0.000000349. The number of azo groups is 1. The maximum Gasteiger partial charge on any atom is 0.0852 e. The number of rotatable bonds is 1. The Morgan fingerprint density at radius 2 is 0.870 bits per heavy atom. The highest BCUT2D eigenvalue weighted by molar-refractivity contribution is 5.81. The Bertz CT molecular complexity index is 581. The summed E-state index contributed by atoms with van der Waals surface area (Å²) in [5, 5.41) is 10.1. The number of hydrogen-bond acceptors (Lipinski definition) is 2. The molecule has 0 aliphatic carbocycles. The molecule has 0 atom stereocenters. The van der Waals surface area contributed by atoms with Crippen molar-refractivity contribution in [3.63, 3.8) is 0 Å². The van der Waals surface area contributed by atoms with Crippen molar-refractivity contribution in [2.75, 3.05) is 7.05 Å². The molecule has 0 unspecified atom stereocenters. The molecule has 2 heteroatoms. The van der Waals surface area contributed by atoms with E-state index in [1.165, 1.54) is 10.8 Å². The SMILES string of the molecule is CC.CC.CN=Nc1ccccc1.c1ccc2ccccc2c1. The summed E-state index contributed by atoms with van der Waals surface area (Å²) in [7, 11) is 1.66. The van der Waals surface area contributed by atoms with Crippen LogP contribution < -0.4 is 0 Å². The Labute approximate surface area is 140 Å². The van der Waals surface area contributed by atoms with Gasteiger partial charge in [-0.15, -0.1) is 0 Å². The van der Waals surface area contributed by atoms with Gasteiger partial charge in [-0.3, -0.25) is 0 Å². The van der Waals surface area contributed by atoms with E-state index in [2.05, 4.69) is 58.8 Å². The summed E-state index contributed by atoms with van der Waals surface area (Å²) in [4.78, 5) is 0. The summed E-state index contributed by atoms with van der Waals surface area (Å²) in [5.41, 5.74) is 0.903. The molecule has 3 rings (SSSR count). The van der Waals surface area contributed by atoms with Crippen molar-refractivity contribution in [1.29, 1.82) is 0 Å². The van der Waals surface area contributed by atoms with Gasteiger partial charge in [0.1, 0.15) is 0 Å². The second-order valence-corrected chi connectivity index (χ2v) is 3.98. The highest BCUT2D eigenvalue weighted by atomic mass is 15.1. The first-order valence-electron chi connectivity index (χ1n) is 8.19. The smallest absolute Gasteiger partial charge is 0.0852 e. The van der Waals surface area contributed by atoms with Crippen LogP contribution in [0.2, 0.25) is 0 Å². The van der Waals surface area contributed by atoms with Crippen molar-refractivity contribution in [2.45, 2.75) is 27.7 Å². The maximum absolute atomic E-state index is 3.83. The third-order valence-corrected chi connectivity index (χ3v) is 2.63. The molecule has 3 aromatic carbocycles. The molecule has 0 saturated carbocycles. The highest BCUT2D eigenvalue weighted by Crippen LogP contribution is 2.11. The number of hydrogen-bond donors (Lipinski definition) is 0. The van der Waals surface area contributed by atoms with Crippen molar-refractivity contribution in [1.82, 2.24) is 0 Å². The van der Waals surface area contributed by atoms with Crippen molar-refractivity contribution in [3.05, 3.63) is 78.9 Å². The zero-order chi connectivity index (χ0) is 17.3. The van der Waals surface area contributed by atoms with Crippen LogP contribution in [0.15, 0.2) is 89.1 Å². The summed E-state index contributed by atoms with van der Waals surface area (Å²) in [6, 6.07) is 26.4. The molecule has 3 aromatic rings. The van der Waals surface area contributed by atoms with Crippen LogP contribution >= 0.6 is 0 Å². The Morgan fingerprint density at radius 1 is 0.522 bits per heavy atom. The van der Waals surface area contributed by atoms with E-state index in [1.807, 2.05) is 58.0 Å². The van der Waals surface area contributed by atoms with E-state index < -0.39 is 0 Å². The van der Waals surface area contributed by atoms with Gasteiger partial charge in [0.2, 0.25) is 0 Å². The van der Waals surface area contributed by atoms with Gasteiger partial charge in [-0.25, -0.2) is 0 Å². The molecule has 0 amide bonds. The van der Waals surface area contributed by atoms with E-state index in [4.69, 9.17) is 0 Å². The number of nitrogens with zero attached hydrogens (tertiary/aromatic N) is 2. The van der Waals surface area contributed by atoms with E-state index in [0.29, 0.717) is 0 Å². The molecular formula is C21H28N2. The van der Waals surface area contributed by atoms with Gasteiger partial charge in [-0.1, -0.05) is 94.4 Å². The minimum atomic E-state index is 0.903. The third-order valence-electron chi connectivity index (χ3n) is 2.63. The maximum atomic E-state index is 3.83. The molecule has 0 aliphatic rings. The Hall–Kier alpha value is -2.48. The van der Waals surface area contributed by atoms with E-state index in [0.717, 1.165) is 5.69 Å². The van der Waals surface area contributed by atoms with E-state index in [1.54, 1.807) is 7.05 Å². The zero-order valence-electron chi connectivity index (χ0n) is 14.9. The summed E-state index contributed by atoms with van der Waals surface area (Å²) in [5.74, 6) is 0. The number of fused-ring (bicyclic) bond motifs is 1. The van der Waals surface area contributed by atoms with Gasteiger partial charge in [0, 0.05) is 7.05 Å². The molecule has 0 fully saturated rings. The molecule has 0 bridgehead atoms. The highest BCUT2D eigenvalue weighted by Gasteiger charge is 1.85. The summed E-state index contributed by atoms with van der Waals surface area (Å²) in [6.45, 7) is 8.00. The second-order valence-electron chi connectivity index (χ2n) is 3.98. The monoisotopic (exact) mass is 308 g/mol. The molecule has 122 valence electrons. The van der Waals surface area contributed by atoms with Crippen LogP contribution in [0.5, 0.6) is 0 Å². The topological polar surface area (TPSA) is 24.7 Å². The van der Waals surface area contributed by atoms with Gasteiger partial charge in [-0.05, 0) is 22.9 Å². The average molecular weight is 308 g/mol. The van der Waals surface area contributed by atoms with Crippen LogP contribution in [-0.2, 0) is 0 Å². The van der Waals surface area contributed by atoms with E-state index >= 15 is 0 Å². The van der Waals surface area contributed by atoms with Crippen LogP contribution in [0.1, 0.15) is 27.7 Å². The van der Waals surface area contributed by atoms with Gasteiger partial charge in [0.05, 0.1) is 5.69 Å². The Morgan fingerprint density at radius 3 is 1.22 bits per heavy atom. The van der Waals surface area contributed by atoms with Crippen LogP contribution in [0.25, 0.3) is 10.8 Å². The zero-order valence-corrected chi connectivity index (χ0v) is 14.9. The van der Waals surface area contributed by atoms with Gasteiger partial charge in [0.15, 0.2) is 0 Å². The minimum Gasteiger partial charge on any atom is -0.192 e. The first-order valence-corrected chi connectivity index (χ1v) is 8.19. The summed E-state index contributed by atoms with van der Waals surface area (Å²) >= 11 is 0. The molecule has 2 nitrogen and oxygen atoms in total. The minimum absolute atomic E-state index is 0.903. The normalized spacial score (nSPS) is 8.91. The lowest BCUT2D eigenvalue weighted by Gasteiger charge is -1.92. The second kappa shape index (κ2) is 14.5. The first-order chi connectivity index (χ1) is 11.4. The van der Waals surface area contributed by atoms with Crippen molar-refractivity contribution in [3.8, 4) is 0 Å². The molecule has 0 aromatic heterocycles. The molecule has 0 saturated heterocycles. The van der Waals surface area contributed by atoms with Crippen molar-refractivity contribution >= 4 is 16.5 Å². The van der Waals surface area contributed by atoms with Crippen molar-refractivity contribution in [2.24, 2.45) is 10.2 Å². The number of benzene rings is 3. The summed E-state index contributed by atoms with van der Waals surface area (Å²) in [6.07, 6.45) is 0. The largest absolute Gasteiger partial charge is 0.192 e. The van der Waals surface area contributed by atoms with E-state index in [-0.39, 0.29) is 0 Å². The first kappa shape index (κ1) is 20.5. The molecule has 0 heterocycles. The van der Waals surface area contributed by atoms with Gasteiger partial charge in [0.25, 0.3) is 0 Å². The summed E-state index contributed by atoms with van der Waals surface area (Å²) < 4.78 is 0.